The van der Waals surface area contributed by atoms with E-state index in [4.69, 9.17) is 0 Å². The maximum Gasteiger partial charge on any atom is 0.271 e. The average Bonchev–Trinajstić information content (AvgIpc) is 3.25. The molecule has 2 amide bonds. The minimum atomic E-state index is -0.521. The molecular weight excluding hydrogens is 330 g/mol. The minimum Gasteiger partial charge on any atom is -0.341 e. The van der Waals surface area contributed by atoms with Gasteiger partial charge in [-0.3, -0.25) is 9.59 Å². The lowest BCUT2D eigenvalue weighted by molar-refractivity contribution is -0.133. The van der Waals surface area contributed by atoms with E-state index in [0.717, 1.165) is 36.5 Å². The summed E-state index contributed by atoms with van der Waals surface area (Å²) < 4.78 is 0. The van der Waals surface area contributed by atoms with Crippen LogP contribution in [0, 0.1) is 0 Å². The first kappa shape index (κ1) is 16.1. The third-order valence-corrected chi connectivity index (χ3v) is 5.47. The highest BCUT2D eigenvalue weighted by atomic mass is 32.1. The van der Waals surface area contributed by atoms with Gasteiger partial charge in [0.1, 0.15) is 16.7 Å². The van der Waals surface area contributed by atoms with Gasteiger partial charge in [-0.15, -0.1) is 11.3 Å². The first-order valence-corrected chi connectivity index (χ1v) is 9.55. The monoisotopic (exact) mass is 349 g/mol. The molecule has 0 radical (unpaired) electrons. The fourth-order valence-electron chi connectivity index (χ4n) is 2.62. The number of aromatic nitrogens is 1. The Hall–Kier alpha value is -1.73. The van der Waals surface area contributed by atoms with Crippen LogP contribution in [0.4, 0.5) is 0 Å². The normalized spacial score (nSPS) is 16.1. The summed E-state index contributed by atoms with van der Waals surface area (Å²) >= 11 is 3.04. The van der Waals surface area contributed by atoms with Crippen LogP contribution in [-0.4, -0.2) is 40.8 Å². The Kier molecular flexibility index (Phi) is 5.07. The van der Waals surface area contributed by atoms with E-state index in [1.54, 1.807) is 23.6 Å². The molecule has 1 fully saturated rings. The van der Waals surface area contributed by atoms with Crippen molar-refractivity contribution in [3.63, 3.8) is 0 Å². The summed E-state index contributed by atoms with van der Waals surface area (Å²) in [5.41, 5.74) is 1.39. The van der Waals surface area contributed by atoms with Gasteiger partial charge in [-0.1, -0.05) is 0 Å². The standard InChI is InChI=1S/C16H19N3O2S2/c1-11(16(21)19-6-3-2-4-7-19)17-14(20)13-10-23-15(18-13)12-5-8-22-9-12/h5,8-11H,2-4,6-7H2,1H3,(H,17,20)/t11-/m0/s1. The third-order valence-electron chi connectivity index (χ3n) is 3.89. The van der Waals surface area contributed by atoms with Crippen LogP contribution in [0.25, 0.3) is 10.6 Å². The number of carbonyl (C=O) groups is 2. The Labute approximate surface area is 143 Å². The number of carbonyl (C=O) groups excluding carboxylic acids is 2. The number of rotatable bonds is 4. The molecule has 0 spiro atoms. The van der Waals surface area contributed by atoms with E-state index >= 15 is 0 Å². The van der Waals surface area contributed by atoms with Gasteiger partial charge in [0, 0.05) is 29.4 Å². The van der Waals surface area contributed by atoms with Crippen LogP contribution >= 0.6 is 22.7 Å². The zero-order valence-electron chi connectivity index (χ0n) is 12.9. The van der Waals surface area contributed by atoms with E-state index in [0.29, 0.717) is 5.69 Å². The molecule has 122 valence electrons. The molecule has 0 saturated carbocycles. The highest BCUT2D eigenvalue weighted by Crippen LogP contribution is 2.25. The van der Waals surface area contributed by atoms with Gasteiger partial charge in [0.25, 0.3) is 5.91 Å². The second kappa shape index (κ2) is 7.23. The molecule has 3 heterocycles. The number of amides is 2. The van der Waals surface area contributed by atoms with Crippen molar-refractivity contribution in [2.24, 2.45) is 0 Å². The molecule has 5 nitrogen and oxygen atoms in total. The summed E-state index contributed by atoms with van der Waals surface area (Å²) in [6, 6.07) is 1.46. The molecule has 1 N–H and O–H groups in total. The van der Waals surface area contributed by atoms with Gasteiger partial charge in [0.15, 0.2) is 0 Å². The molecule has 3 rings (SSSR count). The number of thiophene rings is 1. The molecule has 0 unspecified atom stereocenters. The van der Waals surface area contributed by atoms with Gasteiger partial charge in [-0.25, -0.2) is 4.98 Å². The fourth-order valence-corrected chi connectivity index (χ4v) is 4.13. The first-order chi connectivity index (χ1) is 11.1. The van der Waals surface area contributed by atoms with E-state index in [1.165, 1.54) is 17.8 Å². The largest absolute Gasteiger partial charge is 0.341 e. The molecular formula is C16H19N3O2S2. The van der Waals surface area contributed by atoms with Gasteiger partial charge in [0.2, 0.25) is 5.91 Å². The van der Waals surface area contributed by atoms with E-state index in [9.17, 15) is 9.59 Å². The number of hydrogen-bond donors (Lipinski definition) is 1. The molecule has 1 saturated heterocycles. The predicted molar refractivity (Wildman–Crippen MR) is 92.8 cm³/mol. The quantitative estimate of drug-likeness (QED) is 0.923. The molecule has 23 heavy (non-hydrogen) atoms. The molecule has 2 aromatic heterocycles. The van der Waals surface area contributed by atoms with Crippen LogP contribution in [0.3, 0.4) is 0 Å². The van der Waals surface area contributed by atoms with Gasteiger partial charge in [-0.05, 0) is 37.6 Å². The summed E-state index contributed by atoms with van der Waals surface area (Å²) in [7, 11) is 0. The highest BCUT2D eigenvalue weighted by molar-refractivity contribution is 7.14. The van der Waals surface area contributed by atoms with Gasteiger partial charge in [-0.2, -0.15) is 11.3 Å². The van der Waals surface area contributed by atoms with Crippen molar-refractivity contribution in [1.82, 2.24) is 15.2 Å². The van der Waals surface area contributed by atoms with E-state index in [1.807, 2.05) is 21.7 Å². The molecule has 1 atom stereocenters. The Bertz CT molecular complexity index is 675. The third kappa shape index (κ3) is 3.79. The molecule has 0 bridgehead atoms. The minimum absolute atomic E-state index is 0.00802. The molecule has 1 aliphatic heterocycles. The van der Waals surface area contributed by atoms with E-state index < -0.39 is 6.04 Å². The topological polar surface area (TPSA) is 62.3 Å². The van der Waals surface area contributed by atoms with Gasteiger partial charge < -0.3 is 10.2 Å². The number of nitrogens with zero attached hydrogens (tertiary/aromatic N) is 2. The fraction of sp³-hybridized carbons (Fsp3) is 0.438. The van der Waals surface area contributed by atoms with E-state index in [-0.39, 0.29) is 11.8 Å². The Morgan fingerprint density at radius 3 is 2.74 bits per heavy atom. The van der Waals surface area contributed by atoms with Gasteiger partial charge in [0.05, 0.1) is 0 Å². The van der Waals surface area contributed by atoms with Crippen molar-refractivity contribution < 1.29 is 9.59 Å². The summed E-state index contributed by atoms with van der Waals surface area (Å²) in [4.78, 5) is 30.8. The van der Waals surface area contributed by atoms with E-state index in [2.05, 4.69) is 10.3 Å². The second-order valence-corrected chi connectivity index (χ2v) is 7.27. The summed E-state index contributed by atoms with van der Waals surface area (Å²) in [5.74, 6) is -0.299. The molecule has 7 heteroatoms. The van der Waals surface area contributed by atoms with Crippen molar-refractivity contribution in [3.8, 4) is 10.6 Å². The smallest absolute Gasteiger partial charge is 0.271 e. The molecule has 0 aromatic carbocycles. The summed E-state index contributed by atoms with van der Waals surface area (Å²) in [6.07, 6.45) is 3.26. The highest BCUT2D eigenvalue weighted by Gasteiger charge is 2.24. The number of nitrogens with one attached hydrogen (secondary N) is 1. The Morgan fingerprint density at radius 2 is 2.04 bits per heavy atom. The number of piperidine rings is 1. The van der Waals surface area contributed by atoms with Crippen LogP contribution in [-0.2, 0) is 4.79 Å². The van der Waals surface area contributed by atoms with Gasteiger partial charge >= 0.3 is 0 Å². The second-order valence-electron chi connectivity index (χ2n) is 5.63. The number of likely N-dealkylation sites (tertiary alicyclic amines) is 1. The SMILES string of the molecule is C[C@H](NC(=O)c1csc(-c2ccsc2)n1)C(=O)N1CCCCC1. The molecule has 1 aliphatic rings. The van der Waals surface area contributed by atoms with Crippen LogP contribution < -0.4 is 5.32 Å². The predicted octanol–water partition coefficient (Wildman–Crippen LogP) is 3.00. The summed E-state index contributed by atoms with van der Waals surface area (Å²) in [5, 5.41) is 9.32. The lowest BCUT2D eigenvalue weighted by atomic mass is 10.1. The van der Waals surface area contributed by atoms with Crippen LogP contribution in [0.1, 0.15) is 36.7 Å². The maximum absolute atomic E-state index is 12.4. The molecule has 2 aromatic rings. The van der Waals surface area contributed by atoms with Crippen molar-refractivity contribution in [2.75, 3.05) is 13.1 Å². The van der Waals surface area contributed by atoms with Crippen molar-refractivity contribution in [1.29, 1.82) is 0 Å². The Morgan fingerprint density at radius 1 is 1.26 bits per heavy atom. The van der Waals surface area contributed by atoms with Crippen LogP contribution in [0.2, 0.25) is 0 Å². The Balaban J connectivity index is 1.61. The van der Waals surface area contributed by atoms with Crippen LogP contribution in [0.15, 0.2) is 22.2 Å². The molecule has 0 aliphatic carbocycles. The maximum atomic E-state index is 12.4. The zero-order chi connectivity index (χ0) is 16.2. The van der Waals surface area contributed by atoms with Crippen molar-refractivity contribution in [2.45, 2.75) is 32.2 Å². The lowest BCUT2D eigenvalue weighted by Crippen LogP contribution is -2.48. The average molecular weight is 349 g/mol. The zero-order valence-corrected chi connectivity index (χ0v) is 14.6. The number of thiazole rings is 1. The number of hydrogen-bond acceptors (Lipinski definition) is 5. The lowest BCUT2D eigenvalue weighted by Gasteiger charge is -2.29. The first-order valence-electron chi connectivity index (χ1n) is 7.73. The summed E-state index contributed by atoms with van der Waals surface area (Å²) in [6.45, 7) is 3.32. The van der Waals surface area contributed by atoms with Crippen molar-refractivity contribution >= 4 is 34.5 Å². The van der Waals surface area contributed by atoms with Crippen molar-refractivity contribution in [3.05, 3.63) is 27.9 Å². The van der Waals surface area contributed by atoms with Crippen LogP contribution in [0.5, 0.6) is 0 Å².